The molecule has 2 rings (SSSR count). The lowest BCUT2D eigenvalue weighted by molar-refractivity contribution is 0.176. The number of aliphatic hydroxyl groups is 1. The zero-order chi connectivity index (χ0) is 14.0. The fraction of sp³-hybridized carbons (Fsp3) is 0.200. The molecule has 4 heteroatoms. The number of benzene rings is 2. The molecule has 0 aliphatic rings. The maximum atomic E-state index is 13.7. The third kappa shape index (κ3) is 3.16. The van der Waals surface area contributed by atoms with E-state index < -0.39 is 11.9 Å². The molecule has 1 nitrogen and oxygen atoms in total. The summed E-state index contributed by atoms with van der Waals surface area (Å²) in [5.74, 6) is -0.393. The monoisotopic (exact) mass is 342 g/mol. The maximum Gasteiger partial charge on any atom is 0.127 e. The van der Waals surface area contributed by atoms with Gasteiger partial charge in [-0.25, -0.2) is 4.39 Å². The zero-order valence-electron chi connectivity index (χ0n) is 10.3. The maximum absolute atomic E-state index is 13.7. The first kappa shape index (κ1) is 14.5. The topological polar surface area (TPSA) is 20.2 Å². The van der Waals surface area contributed by atoms with Crippen LogP contribution in [-0.4, -0.2) is 5.11 Å². The molecule has 0 aromatic heterocycles. The Bertz CT molecular complexity index is 580. The summed E-state index contributed by atoms with van der Waals surface area (Å²) in [7, 11) is 0. The van der Waals surface area contributed by atoms with Gasteiger partial charge in [0, 0.05) is 21.5 Å². The normalized spacial score (nSPS) is 12.5. The van der Waals surface area contributed by atoms with Crippen LogP contribution in [0.15, 0.2) is 40.9 Å². The molecule has 1 unspecified atom stereocenters. The lowest BCUT2D eigenvalue weighted by atomic mass is 9.99. The molecule has 0 bridgehead atoms. The van der Waals surface area contributed by atoms with Gasteiger partial charge >= 0.3 is 0 Å². The molecule has 0 saturated carbocycles. The van der Waals surface area contributed by atoms with Crippen molar-refractivity contribution in [3.05, 3.63) is 68.4 Å². The molecular weight excluding hydrogens is 331 g/mol. The highest BCUT2D eigenvalue weighted by atomic mass is 79.9. The number of aliphatic hydroxyl groups excluding tert-OH is 1. The van der Waals surface area contributed by atoms with Gasteiger partial charge in [0.2, 0.25) is 0 Å². The van der Waals surface area contributed by atoms with Crippen LogP contribution in [0, 0.1) is 12.7 Å². The van der Waals surface area contributed by atoms with E-state index in [1.807, 2.05) is 25.1 Å². The van der Waals surface area contributed by atoms with E-state index in [1.54, 1.807) is 12.1 Å². The molecular formula is C15H13BrClFO. The van der Waals surface area contributed by atoms with E-state index in [2.05, 4.69) is 15.9 Å². The Morgan fingerprint density at radius 1 is 1.26 bits per heavy atom. The van der Waals surface area contributed by atoms with Crippen LogP contribution in [0.2, 0.25) is 5.02 Å². The molecule has 0 saturated heterocycles. The van der Waals surface area contributed by atoms with Crippen molar-refractivity contribution in [1.29, 1.82) is 0 Å². The zero-order valence-corrected chi connectivity index (χ0v) is 12.7. The van der Waals surface area contributed by atoms with Gasteiger partial charge in [0.1, 0.15) is 5.82 Å². The highest BCUT2D eigenvalue weighted by Gasteiger charge is 2.17. The molecule has 0 radical (unpaired) electrons. The van der Waals surface area contributed by atoms with E-state index in [4.69, 9.17) is 11.6 Å². The minimum Gasteiger partial charge on any atom is -0.388 e. The van der Waals surface area contributed by atoms with Crippen LogP contribution in [0.25, 0.3) is 0 Å². The van der Waals surface area contributed by atoms with Crippen molar-refractivity contribution in [3.63, 3.8) is 0 Å². The smallest absolute Gasteiger partial charge is 0.127 e. The first-order valence-electron chi connectivity index (χ1n) is 5.86. The lowest BCUT2D eigenvalue weighted by Crippen LogP contribution is -2.05. The molecule has 0 aliphatic carbocycles. The minimum atomic E-state index is -0.802. The number of rotatable bonds is 3. The van der Waals surface area contributed by atoms with Crippen molar-refractivity contribution in [2.24, 2.45) is 0 Å². The van der Waals surface area contributed by atoms with Crippen molar-refractivity contribution in [3.8, 4) is 0 Å². The standard InChI is InChI=1S/C15H13BrClFO/c1-9-4-2-5-10(15(9)16)14(19)8-11-12(17)6-3-7-13(11)18/h2-7,14,19H,8H2,1H3. The Kier molecular flexibility index (Phi) is 4.61. The second kappa shape index (κ2) is 6.04. The Labute approximate surface area is 125 Å². The first-order chi connectivity index (χ1) is 9.00. The van der Waals surface area contributed by atoms with Crippen molar-refractivity contribution < 1.29 is 9.50 Å². The first-order valence-corrected chi connectivity index (χ1v) is 7.03. The molecule has 0 spiro atoms. The molecule has 0 heterocycles. The van der Waals surface area contributed by atoms with Gasteiger partial charge in [-0.05, 0) is 30.2 Å². The third-order valence-electron chi connectivity index (χ3n) is 3.04. The highest BCUT2D eigenvalue weighted by molar-refractivity contribution is 9.10. The van der Waals surface area contributed by atoms with Gasteiger partial charge in [0.15, 0.2) is 0 Å². The average Bonchev–Trinajstić information content (AvgIpc) is 2.37. The van der Waals surface area contributed by atoms with Crippen molar-refractivity contribution in [2.45, 2.75) is 19.4 Å². The molecule has 2 aromatic rings. The van der Waals surface area contributed by atoms with Gasteiger partial charge in [-0.3, -0.25) is 0 Å². The van der Waals surface area contributed by atoms with Crippen molar-refractivity contribution >= 4 is 27.5 Å². The van der Waals surface area contributed by atoms with E-state index in [1.165, 1.54) is 6.07 Å². The van der Waals surface area contributed by atoms with Gasteiger partial charge in [-0.2, -0.15) is 0 Å². The van der Waals surface area contributed by atoms with Gasteiger partial charge in [-0.15, -0.1) is 0 Å². The summed E-state index contributed by atoms with van der Waals surface area (Å²) in [6, 6.07) is 10.1. The van der Waals surface area contributed by atoms with Crippen LogP contribution < -0.4 is 0 Å². The SMILES string of the molecule is Cc1cccc(C(O)Cc2c(F)cccc2Cl)c1Br. The summed E-state index contributed by atoms with van der Waals surface area (Å²) < 4.78 is 14.5. The van der Waals surface area contributed by atoms with E-state index >= 15 is 0 Å². The van der Waals surface area contributed by atoms with Crippen LogP contribution in [-0.2, 0) is 6.42 Å². The van der Waals surface area contributed by atoms with E-state index in [-0.39, 0.29) is 6.42 Å². The molecule has 0 amide bonds. The van der Waals surface area contributed by atoms with Crippen LogP contribution in [0.1, 0.15) is 22.8 Å². The van der Waals surface area contributed by atoms with Gasteiger partial charge in [-0.1, -0.05) is 51.8 Å². The van der Waals surface area contributed by atoms with E-state index in [0.29, 0.717) is 10.6 Å². The predicted molar refractivity (Wildman–Crippen MR) is 79.0 cm³/mol. The molecule has 1 N–H and O–H groups in total. The summed E-state index contributed by atoms with van der Waals surface area (Å²) in [6.45, 7) is 1.94. The van der Waals surface area contributed by atoms with Crippen LogP contribution in [0.3, 0.4) is 0 Å². The number of aryl methyl sites for hydroxylation is 1. The van der Waals surface area contributed by atoms with E-state index in [9.17, 15) is 9.50 Å². The fourth-order valence-electron chi connectivity index (χ4n) is 1.96. The van der Waals surface area contributed by atoms with Crippen LogP contribution >= 0.6 is 27.5 Å². The molecule has 2 aromatic carbocycles. The third-order valence-corrected chi connectivity index (χ3v) is 4.48. The molecule has 0 fully saturated rings. The summed E-state index contributed by atoms with van der Waals surface area (Å²) in [5, 5.41) is 10.6. The largest absolute Gasteiger partial charge is 0.388 e. The predicted octanol–water partition coefficient (Wildman–Crippen LogP) is 4.83. The second-order valence-corrected chi connectivity index (χ2v) is 5.60. The van der Waals surface area contributed by atoms with Gasteiger partial charge < -0.3 is 5.11 Å². The van der Waals surface area contributed by atoms with Crippen LogP contribution in [0.4, 0.5) is 4.39 Å². The van der Waals surface area contributed by atoms with Crippen molar-refractivity contribution in [2.75, 3.05) is 0 Å². The van der Waals surface area contributed by atoms with Gasteiger partial charge in [0.05, 0.1) is 6.10 Å². The van der Waals surface area contributed by atoms with Gasteiger partial charge in [0.25, 0.3) is 0 Å². The molecule has 100 valence electrons. The fourth-order valence-corrected chi connectivity index (χ4v) is 2.73. The lowest BCUT2D eigenvalue weighted by Gasteiger charge is -2.15. The summed E-state index contributed by atoms with van der Waals surface area (Å²) >= 11 is 9.41. The highest BCUT2D eigenvalue weighted by Crippen LogP contribution is 2.31. The molecule has 1 atom stereocenters. The number of halogens is 3. The Morgan fingerprint density at radius 2 is 1.95 bits per heavy atom. The molecule has 0 aliphatic heterocycles. The minimum absolute atomic E-state index is 0.146. The quantitative estimate of drug-likeness (QED) is 0.846. The Morgan fingerprint density at radius 3 is 2.63 bits per heavy atom. The van der Waals surface area contributed by atoms with Crippen LogP contribution in [0.5, 0.6) is 0 Å². The Hall–Kier alpha value is -0.900. The number of hydrogen-bond donors (Lipinski definition) is 1. The number of hydrogen-bond acceptors (Lipinski definition) is 1. The van der Waals surface area contributed by atoms with E-state index in [0.717, 1.165) is 15.6 Å². The summed E-state index contributed by atoms with van der Waals surface area (Å²) in [5.41, 5.74) is 2.10. The summed E-state index contributed by atoms with van der Waals surface area (Å²) in [6.07, 6.45) is -0.656. The molecule has 19 heavy (non-hydrogen) atoms. The summed E-state index contributed by atoms with van der Waals surface area (Å²) in [4.78, 5) is 0. The second-order valence-electron chi connectivity index (χ2n) is 4.40. The Balaban J connectivity index is 2.31. The van der Waals surface area contributed by atoms with Crippen molar-refractivity contribution in [1.82, 2.24) is 0 Å². The average molecular weight is 344 g/mol.